The zero-order valence-corrected chi connectivity index (χ0v) is 13.7. The molecule has 21 heavy (non-hydrogen) atoms. The van der Waals surface area contributed by atoms with Crippen LogP contribution < -0.4 is 5.73 Å². The van der Waals surface area contributed by atoms with Crippen LogP contribution in [-0.2, 0) is 6.42 Å². The molecule has 1 aliphatic carbocycles. The summed E-state index contributed by atoms with van der Waals surface area (Å²) in [6, 6.07) is 12.9. The Morgan fingerprint density at radius 3 is 2.76 bits per heavy atom. The molecule has 110 valence electrons. The molecule has 1 heterocycles. The van der Waals surface area contributed by atoms with Crippen molar-refractivity contribution in [1.29, 1.82) is 0 Å². The first-order valence-corrected chi connectivity index (χ1v) is 8.40. The molecule has 1 fully saturated rings. The third-order valence-electron chi connectivity index (χ3n) is 4.58. The lowest BCUT2D eigenvalue weighted by molar-refractivity contribution is 0.249. The van der Waals surface area contributed by atoms with E-state index in [9.17, 15) is 0 Å². The highest BCUT2D eigenvalue weighted by molar-refractivity contribution is 9.10. The second kappa shape index (κ2) is 6.29. The molecule has 0 saturated heterocycles. The second-order valence-corrected chi connectivity index (χ2v) is 7.05. The first kappa shape index (κ1) is 14.7. The van der Waals surface area contributed by atoms with E-state index in [4.69, 9.17) is 5.73 Å². The van der Waals surface area contributed by atoms with E-state index in [1.165, 1.54) is 30.4 Å². The normalized spacial score (nSPS) is 25.7. The Kier molecular flexibility index (Phi) is 4.41. The summed E-state index contributed by atoms with van der Waals surface area (Å²) in [7, 11) is 0. The van der Waals surface area contributed by atoms with Crippen LogP contribution in [0.3, 0.4) is 0 Å². The summed E-state index contributed by atoms with van der Waals surface area (Å²) in [6.45, 7) is 0. The Balaban J connectivity index is 1.88. The fourth-order valence-corrected chi connectivity index (χ4v) is 4.00. The molecule has 0 radical (unpaired) electrons. The summed E-state index contributed by atoms with van der Waals surface area (Å²) < 4.78 is 1.02. The quantitative estimate of drug-likeness (QED) is 0.893. The van der Waals surface area contributed by atoms with Gasteiger partial charge in [-0.25, -0.2) is 0 Å². The topological polar surface area (TPSA) is 38.9 Å². The van der Waals surface area contributed by atoms with E-state index in [2.05, 4.69) is 57.3 Å². The number of benzene rings is 1. The number of nitrogens with two attached hydrogens (primary N) is 1. The maximum absolute atomic E-state index is 6.87. The molecule has 3 heteroatoms. The molecular weight excluding hydrogens is 324 g/mol. The Hall–Kier alpha value is -1.19. The highest BCUT2D eigenvalue weighted by Crippen LogP contribution is 2.41. The molecular formula is C18H21BrN2. The zero-order valence-electron chi connectivity index (χ0n) is 12.1. The van der Waals surface area contributed by atoms with Crippen molar-refractivity contribution in [2.24, 2.45) is 5.73 Å². The highest BCUT2D eigenvalue weighted by Gasteiger charge is 2.38. The van der Waals surface area contributed by atoms with E-state index < -0.39 is 0 Å². The largest absolute Gasteiger partial charge is 0.324 e. The molecule has 0 amide bonds. The van der Waals surface area contributed by atoms with Crippen LogP contribution in [0.1, 0.15) is 42.7 Å². The van der Waals surface area contributed by atoms with Gasteiger partial charge < -0.3 is 5.73 Å². The minimum Gasteiger partial charge on any atom is -0.324 e. The summed E-state index contributed by atoms with van der Waals surface area (Å²) in [5, 5.41) is 0. The maximum atomic E-state index is 6.87. The van der Waals surface area contributed by atoms with Crippen LogP contribution in [0, 0.1) is 0 Å². The predicted octanol–water partition coefficient (Wildman–Crippen LogP) is 4.44. The average Bonchev–Trinajstić information content (AvgIpc) is 2.48. The molecule has 2 N–H and O–H groups in total. The van der Waals surface area contributed by atoms with Gasteiger partial charge in [0.15, 0.2) is 0 Å². The third kappa shape index (κ3) is 3.35. The van der Waals surface area contributed by atoms with Gasteiger partial charge in [-0.3, -0.25) is 4.98 Å². The Labute approximate surface area is 134 Å². The van der Waals surface area contributed by atoms with Crippen molar-refractivity contribution in [3.63, 3.8) is 0 Å². The summed E-state index contributed by atoms with van der Waals surface area (Å²) in [5.41, 5.74) is 9.30. The van der Waals surface area contributed by atoms with E-state index in [-0.39, 0.29) is 5.54 Å². The lowest BCUT2D eigenvalue weighted by Crippen LogP contribution is -2.49. The minimum absolute atomic E-state index is 0.165. The predicted molar refractivity (Wildman–Crippen MR) is 90.2 cm³/mol. The molecule has 1 aromatic carbocycles. The Morgan fingerprint density at radius 1 is 1.19 bits per heavy atom. The van der Waals surface area contributed by atoms with E-state index in [0.29, 0.717) is 5.92 Å². The minimum atomic E-state index is -0.165. The van der Waals surface area contributed by atoms with Crippen LogP contribution in [0.25, 0.3) is 0 Å². The lowest BCUT2D eigenvalue weighted by atomic mass is 9.68. The number of pyridine rings is 1. The smallest absolute Gasteiger partial charge is 0.0410 e. The molecule has 2 nitrogen and oxygen atoms in total. The summed E-state index contributed by atoms with van der Waals surface area (Å²) >= 11 is 3.50. The van der Waals surface area contributed by atoms with Crippen LogP contribution >= 0.6 is 15.9 Å². The molecule has 0 bridgehead atoms. The van der Waals surface area contributed by atoms with Gasteiger partial charge in [0.25, 0.3) is 0 Å². The molecule has 3 rings (SSSR count). The molecule has 2 unspecified atom stereocenters. The van der Waals surface area contributed by atoms with Gasteiger partial charge in [-0.1, -0.05) is 43.2 Å². The maximum Gasteiger partial charge on any atom is 0.0410 e. The average molecular weight is 345 g/mol. The zero-order chi connectivity index (χ0) is 14.7. The molecule has 1 saturated carbocycles. The fraction of sp³-hybridized carbons (Fsp3) is 0.389. The van der Waals surface area contributed by atoms with E-state index in [1.54, 1.807) is 0 Å². The Bertz CT molecular complexity index is 599. The second-order valence-electron chi connectivity index (χ2n) is 6.13. The van der Waals surface area contributed by atoms with Crippen LogP contribution in [0.4, 0.5) is 0 Å². The number of nitrogens with zero attached hydrogens (tertiary/aromatic N) is 1. The molecule has 2 aromatic rings. The monoisotopic (exact) mass is 344 g/mol. The molecule has 0 spiro atoms. The van der Waals surface area contributed by atoms with Gasteiger partial charge in [-0.2, -0.15) is 0 Å². The summed E-state index contributed by atoms with van der Waals surface area (Å²) in [4.78, 5) is 4.28. The van der Waals surface area contributed by atoms with Crippen molar-refractivity contribution in [2.75, 3.05) is 0 Å². The highest BCUT2D eigenvalue weighted by atomic mass is 79.9. The van der Waals surface area contributed by atoms with Crippen LogP contribution in [0.5, 0.6) is 0 Å². The van der Waals surface area contributed by atoms with Crippen molar-refractivity contribution in [3.05, 3.63) is 64.4 Å². The van der Waals surface area contributed by atoms with Gasteiger partial charge in [-0.05, 0) is 52.4 Å². The van der Waals surface area contributed by atoms with Crippen LogP contribution in [0.15, 0.2) is 53.3 Å². The number of hydrogen-bond donors (Lipinski definition) is 1. The van der Waals surface area contributed by atoms with Gasteiger partial charge in [0.1, 0.15) is 0 Å². The van der Waals surface area contributed by atoms with Crippen molar-refractivity contribution >= 4 is 15.9 Å². The number of rotatable bonds is 3. The van der Waals surface area contributed by atoms with E-state index in [0.717, 1.165) is 17.3 Å². The van der Waals surface area contributed by atoms with Gasteiger partial charge in [-0.15, -0.1) is 0 Å². The Morgan fingerprint density at radius 2 is 2.00 bits per heavy atom. The SMILES string of the molecule is NC1(Cc2cncc(Br)c2)CCCCC1c1ccccc1. The van der Waals surface area contributed by atoms with Crippen LogP contribution in [0.2, 0.25) is 0 Å². The summed E-state index contributed by atoms with van der Waals surface area (Å²) in [5.74, 6) is 0.437. The van der Waals surface area contributed by atoms with E-state index in [1.807, 2.05) is 12.4 Å². The standard InChI is InChI=1S/C18H21BrN2/c19-16-10-14(12-21-13-16)11-18(20)9-5-4-8-17(18)15-6-2-1-3-7-15/h1-3,6-7,10,12-13,17H,4-5,8-9,11,20H2. The first-order chi connectivity index (χ1) is 10.2. The van der Waals surface area contributed by atoms with Crippen molar-refractivity contribution in [2.45, 2.75) is 43.6 Å². The number of aromatic nitrogens is 1. The number of halogens is 1. The summed E-state index contributed by atoms with van der Waals surface area (Å²) in [6.07, 6.45) is 9.41. The molecule has 1 aliphatic rings. The fourth-order valence-electron chi connectivity index (χ4n) is 3.59. The number of hydrogen-bond acceptors (Lipinski definition) is 2. The van der Waals surface area contributed by atoms with Gasteiger partial charge in [0.2, 0.25) is 0 Å². The van der Waals surface area contributed by atoms with Crippen LogP contribution in [-0.4, -0.2) is 10.5 Å². The van der Waals surface area contributed by atoms with Crippen molar-refractivity contribution < 1.29 is 0 Å². The van der Waals surface area contributed by atoms with Crippen molar-refractivity contribution in [3.8, 4) is 0 Å². The molecule has 0 aliphatic heterocycles. The van der Waals surface area contributed by atoms with E-state index >= 15 is 0 Å². The third-order valence-corrected chi connectivity index (χ3v) is 5.01. The molecule has 1 aromatic heterocycles. The van der Waals surface area contributed by atoms with Gasteiger partial charge in [0.05, 0.1) is 0 Å². The first-order valence-electron chi connectivity index (χ1n) is 7.61. The van der Waals surface area contributed by atoms with Crippen molar-refractivity contribution in [1.82, 2.24) is 4.98 Å². The molecule has 2 atom stereocenters. The lowest BCUT2D eigenvalue weighted by Gasteiger charge is -2.42. The van der Waals surface area contributed by atoms with Gasteiger partial charge >= 0.3 is 0 Å². The van der Waals surface area contributed by atoms with Gasteiger partial charge in [0, 0.05) is 28.3 Å².